The molecule has 0 heterocycles. The Bertz CT molecular complexity index is 1120. The molecule has 0 aliphatic heterocycles. The van der Waals surface area contributed by atoms with Crippen molar-refractivity contribution in [3.63, 3.8) is 0 Å². The number of rotatable bonds is 9. The molecule has 2 N–H and O–H groups in total. The van der Waals surface area contributed by atoms with E-state index < -0.39 is 21.6 Å². The van der Waals surface area contributed by atoms with E-state index in [-0.39, 0.29) is 75.5 Å². The van der Waals surface area contributed by atoms with Gasteiger partial charge in [0.2, 0.25) is 5.91 Å². The molecule has 0 bridgehead atoms. The summed E-state index contributed by atoms with van der Waals surface area (Å²) in [6, 6.07) is 9.69. The number of ketones is 2. The summed E-state index contributed by atoms with van der Waals surface area (Å²) in [7, 11) is -1.65. The maximum absolute atomic E-state index is 12.3. The fourth-order valence-corrected chi connectivity index (χ4v) is 3.63. The van der Waals surface area contributed by atoms with Gasteiger partial charge < -0.3 is 14.8 Å². The summed E-state index contributed by atoms with van der Waals surface area (Å²) in [6.07, 6.45) is -0.152. The van der Waals surface area contributed by atoms with Crippen LogP contribution in [-0.2, 0) is 34.0 Å². The van der Waals surface area contributed by atoms with Gasteiger partial charge in [0, 0.05) is 26.0 Å². The van der Waals surface area contributed by atoms with Gasteiger partial charge in [-0.05, 0) is 45.6 Å². The van der Waals surface area contributed by atoms with Gasteiger partial charge in [-0.25, -0.2) is 0 Å². The predicted molar refractivity (Wildman–Crippen MR) is 154 cm³/mol. The van der Waals surface area contributed by atoms with E-state index in [0.29, 0.717) is 10.8 Å². The molecule has 0 radical (unpaired) electrons. The smallest absolute Gasteiger partial charge is 0.297 e. The predicted octanol–water partition coefficient (Wildman–Crippen LogP) is 6.11. The third-order valence-electron chi connectivity index (χ3n) is 5.36. The van der Waals surface area contributed by atoms with Gasteiger partial charge in [-0.1, -0.05) is 60.0 Å². The van der Waals surface area contributed by atoms with Crippen molar-refractivity contribution in [2.24, 2.45) is 0 Å². The van der Waals surface area contributed by atoms with Crippen LogP contribution in [0.2, 0.25) is 0 Å². The number of Topliss-reactive ketones (excluding diaryl/α,β-unsaturated/α-hetero) is 2. The van der Waals surface area contributed by atoms with Crippen LogP contribution in [0.1, 0.15) is 70.2 Å². The first-order chi connectivity index (χ1) is 15.3. The van der Waals surface area contributed by atoms with Crippen LogP contribution in [0.15, 0.2) is 41.3 Å². The molecule has 2 rings (SSSR count). The van der Waals surface area contributed by atoms with E-state index in [1.807, 2.05) is 0 Å². The quantitative estimate of drug-likeness (QED) is 0.348. The topological polar surface area (TPSA) is 136 Å². The van der Waals surface area contributed by atoms with Crippen molar-refractivity contribution in [3.8, 4) is 0 Å². The minimum Gasteiger partial charge on any atom is -0.374 e. The van der Waals surface area contributed by atoms with Crippen molar-refractivity contribution < 1.29 is 41.5 Å². The van der Waals surface area contributed by atoms with Crippen LogP contribution >= 0.6 is 0 Å². The van der Waals surface area contributed by atoms with Crippen molar-refractivity contribution >= 4 is 44.1 Å². The summed E-state index contributed by atoms with van der Waals surface area (Å²) < 4.78 is 43.1. The molecule has 0 saturated heterocycles. The number of nitrogens with one attached hydrogen (secondary N) is 1. The molecular weight excluding hydrogens is 517 g/mol. The zero-order valence-corrected chi connectivity index (χ0v) is 20.9. The second-order valence-electron chi connectivity index (χ2n) is 7.67. The summed E-state index contributed by atoms with van der Waals surface area (Å²) in [6.45, 7) is 6.19. The monoisotopic (exact) mass is 565 g/mol. The van der Waals surface area contributed by atoms with Crippen molar-refractivity contribution in [2.75, 3.05) is 19.5 Å². The number of amides is 1. The van der Waals surface area contributed by atoms with Gasteiger partial charge in [0.25, 0.3) is 10.1 Å². The van der Waals surface area contributed by atoms with Crippen LogP contribution in [-0.4, -0.2) is 56.4 Å². The number of anilines is 1. The zero-order valence-electron chi connectivity index (χ0n) is 20.1. The Balaban J connectivity index is -0.000000269. The summed E-state index contributed by atoms with van der Waals surface area (Å²) in [5, 5.41) is 3.42. The fraction of sp³-hybridized carbons (Fsp3) is 0.519. The molecule has 0 spiro atoms. The summed E-state index contributed by atoms with van der Waals surface area (Å²) in [5.74, 6) is -0.630. The number of methoxy groups -OCH3 is 2. The molecule has 0 saturated carbocycles. The highest BCUT2D eigenvalue weighted by atomic mass is 32.2. The second kappa shape index (κ2) is 19.4. The number of hydrogen-bond acceptors (Lipinski definition) is 7. The van der Waals surface area contributed by atoms with Crippen LogP contribution in [0.3, 0.4) is 0 Å². The van der Waals surface area contributed by atoms with Gasteiger partial charge in [-0.2, -0.15) is 8.42 Å². The lowest BCUT2D eigenvalue weighted by Crippen LogP contribution is -2.36. The molecule has 2 unspecified atom stereocenters. The van der Waals surface area contributed by atoms with E-state index in [9.17, 15) is 27.4 Å². The van der Waals surface area contributed by atoms with Gasteiger partial charge in [-0.15, -0.1) is 0 Å². The molecule has 38 heavy (non-hydrogen) atoms. The van der Waals surface area contributed by atoms with Crippen molar-refractivity contribution in [1.29, 1.82) is 0 Å². The lowest BCUT2D eigenvalue weighted by atomic mass is 9.95. The van der Waals surface area contributed by atoms with E-state index in [1.54, 1.807) is 44.2 Å². The zero-order chi connectivity index (χ0) is 25.4. The first-order valence-corrected chi connectivity index (χ1v) is 11.6. The maximum Gasteiger partial charge on any atom is 0.297 e. The Morgan fingerprint density at radius 2 is 1.53 bits per heavy atom. The Morgan fingerprint density at radius 3 is 1.92 bits per heavy atom. The Kier molecular flexibility index (Phi) is 23.0. The molecule has 0 aromatic heterocycles. The van der Waals surface area contributed by atoms with Crippen LogP contribution in [0.5, 0.6) is 0 Å². The second-order valence-corrected chi connectivity index (χ2v) is 9.02. The average molecular weight is 566 g/mol. The number of hydrogen-bond donors (Lipinski definition) is 2. The third-order valence-corrected chi connectivity index (χ3v) is 6.32. The highest BCUT2D eigenvalue weighted by molar-refractivity contribution is 7.86. The van der Waals surface area contributed by atoms with E-state index in [2.05, 4.69) is 10.1 Å². The summed E-state index contributed by atoms with van der Waals surface area (Å²) >= 11 is 0. The number of halogens is 1. The van der Waals surface area contributed by atoms with Crippen LogP contribution in [0, 0.1) is 0 Å². The minimum absolute atomic E-state index is 0. The number of carbonyl (C=O) groups excluding carboxylic acids is 3. The Morgan fingerprint density at radius 1 is 1.00 bits per heavy atom. The first-order valence-electron chi connectivity index (χ1n) is 10.1. The van der Waals surface area contributed by atoms with Crippen LogP contribution in [0.4, 0.5) is 10.4 Å². The van der Waals surface area contributed by atoms with Crippen molar-refractivity contribution in [1.82, 2.24) is 0 Å². The molecule has 11 heteroatoms. The molecule has 1 amide bonds. The van der Waals surface area contributed by atoms with Gasteiger partial charge in [0.05, 0.1) is 5.69 Å². The van der Waals surface area contributed by atoms with E-state index in [4.69, 9.17) is 4.74 Å². The van der Waals surface area contributed by atoms with Crippen molar-refractivity contribution in [3.05, 3.63) is 36.4 Å². The molecular formula is C27H48FNO8S. The Hall–Kier alpha value is -2.73. The number of carbonyl (C=O) groups is 3. The molecule has 2 aromatic carbocycles. The summed E-state index contributed by atoms with van der Waals surface area (Å²) in [4.78, 5) is 33.8. The number of benzene rings is 2. The van der Waals surface area contributed by atoms with Gasteiger partial charge in [-0.3, -0.25) is 23.6 Å². The Labute approximate surface area is 228 Å². The van der Waals surface area contributed by atoms with Crippen LogP contribution in [0.25, 0.3) is 10.8 Å². The minimum atomic E-state index is -4.56. The third kappa shape index (κ3) is 12.7. The van der Waals surface area contributed by atoms with Crippen molar-refractivity contribution in [2.45, 2.75) is 86.8 Å². The van der Waals surface area contributed by atoms with Gasteiger partial charge in [0.15, 0.2) is 11.6 Å². The van der Waals surface area contributed by atoms with E-state index in [1.165, 1.54) is 34.1 Å². The van der Waals surface area contributed by atoms with E-state index >= 15 is 0 Å². The standard InChI is InChI=1S/C18H21NO6S.C5H10O2.4CH4.FH/c1-12(20)18(2,25-3)11-10-16(21)19-15-9-8-13-6-4-5-7-14(13)17(15)26(22,23)24;1-4(6)5(2)7-3;;;;;/h4-9H,10-11H2,1-3H3,(H,19,21)(H,22,23,24);5H,1-3H3;4*1H4;1H. The molecule has 9 nitrogen and oxygen atoms in total. The molecule has 222 valence electrons. The average Bonchev–Trinajstić information content (AvgIpc) is 2.75. The highest BCUT2D eigenvalue weighted by Crippen LogP contribution is 2.30. The lowest BCUT2D eigenvalue weighted by Gasteiger charge is -2.24. The van der Waals surface area contributed by atoms with Crippen LogP contribution < -0.4 is 5.32 Å². The largest absolute Gasteiger partial charge is 0.374 e. The van der Waals surface area contributed by atoms with E-state index in [0.717, 1.165) is 0 Å². The highest BCUT2D eigenvalue weighted by Gasteiger charge is 2.30. The molecule has 2 aromatic rings. The van der Waals surface area contributed by atoms with Gasteiger partial charge in [0.1, 0.15) is 16.6 Å². The molecule has 0 aliphatic rings. The normalized spacial score (nSPS) is 12.1. The molecule has 2 atom stereocenters. The number of fused-ring (bicyclic) bond motifs is 1. The molecule has 0 fully saturated rings. The number of ether oxygens (including phenoxy) is 2. The van der Waals surface area contributed by atoms with Gasteiger partial charge >= 0.3 is 0 Å². The lowest BCUT2D eigenvalue weighted by molar-refractivity contribution is -0.138. The maximum atomic E-state index is 12.3. The summed E-state index contributed by atoms with van der Waals surface area (Å²) in [5.41, 5.74) is -1.11. The first kappa shape index (κ1) is 45.2. The SMILES string of the molecule is C.C.C.C.COC(C)(CCC(=O)Nc1ccc2ccccc2c1S(=O)(=O)O)C(C)=O.COC(C)C(C)=O.F. The fourth-order valence-electron chi connectivity index (χ4n) is 2.77. The molecule has 0 aliphatic carbocycles.